The molecule has 10 nitrogen and oxygen atoms in total. The molecule has 2 fully saturated rings. The SMILES string of the molecule is Cc1ccc(S(=O)(=O)NC(CCO[C@@H]2O[C@H](CO)[C@@H](O)[C@H](O)[C@H]2O)=NC2CCCCC2)cc1. The molecule has 11 heteroatoms. The molecule has 0 aromatic heterocycles. The lowest BCUT2D eigenvalue weighted by Gasteiger charge is -2.39. The number of ether oxygens (including phenoxy) is 2. The van der Waals surface area contributed by atoms with Crippen molar-refractivity contribution in [2.24, 2.45) is 4.99 Å². The van der Waals surface area contributed by atoms with Crippen LogP contribution in [0.25, 0.3) is 0 Å². The van der Waals surface area contributed by atoms with Gasteiger partial charge in [0, 0.05) is 6.42 Å². The maximum Gasteiger partial charge on any atom is 0.262 e. The first-order valence-corrected chi connectivity index (χ1v) is 12.8. The Balaban J connectivity index is 1.68. The molecule has 3 rings (SSSR count). The summed E-state index contributed by atoms with van der Waals surface area (Å²) in [6.07, 6.45) is -1.85. The van der Waals surface area contributed by atoms with E-state index in [2.05, 4.69) is 9.71 Å². The second-order valence-electron chi connectivity index (χ2n) is 8.60. The maximum atomic E-state index is 12.9. The summed E-state index contributed by atoms with van der Waals surface area (Å²) in [4.78, 5) is 4.76. The van der Waals surface area contributed by atoms with Gasteiger partial charge in [-0.15, -0.1) is 0 Å². The number of nitrogens with one attached hydrogen (secondary N) is 1. The molecule has 1 aromatic rings. The highest BCUT2D eigenvalue weighted by molar-refractivity contribution is 7.90. The number of amidine groups is 1. The molecule has 0 spiro atoms. The average molecular weight is 487 g/mol. The van der Waals surface area contributed by atoms with E-state index in [9.17, 15) is 28.8 Å². The number of aliphatic imine (C=N–C) groups is 1. The zero-order chi connectivity index (χ0) is 24.0. The van der Waals surface area contributed by atoms with Crippen LogP contribution in [0.1, 0.15) is 44.1 Å². The first-order valence-electron chi connectivity index (χ1n) is 11.3. The number of sulfonamides is 1. The summed E-state index contributed by atoms with van der Waals surface area (Å²) >= 11 is 0. The third-order valence-corrected chi connectivity index (χ3v) is 7.36. The topological polar surface area (TPSA) is 158 Å². The number of nitrogens with zero attached hydrogens (tertiary/aromatic N) is 1. The summed E-state index contributed by atoms with van der Waals surface area (Å²) in [5.41, 5.74) is 0.943. The molecule has 1 saturated heterocycles. The van der Waals surface area contributed by atoms with E-state index in [1.165, 1.54) is 12.1 Å². The Kier molecular flexibility index (Phi) is 9.22. The monoisotopic (exact) mass is 486 g/mol. The van der Waals surface area contributed by atoms with Gasteiger partial charge in [-0.05, 0) is 31.9 Å². The quantitative estimate of drug-likeness (QED) is 0.258. The van der Waals surface area contributed by atoms with Gasteiger partial charge in [-0.1, -0.05) is 37.0 Å². The smallest absolute Gasteiger partial charge is 0.262 e. The van der Waals surface area contributed by atoms with Crippen LogP contribution in [0.2, 0.25) is 0 Å². The number of benzene rings is 1. The summed E-state index contributed by atoms with van der Waals surface area (Å²) in [6.45, 7) is 1.25. The number of aliphatic hydroxyl groups excluding tert-OH is 4. The second kappa shape index (κ2) is 11.7. The van der Waals surface area contributed by atoms with Crippen molar-refractivity contribution in [2.75, 3.05) is 13.2 Å². The molecule has 0 radical (unpaired) electrons. The summed E-state index contributed by atoms with van der Waals surface area (Å²) in [5, 5.41) is 39.2. The molecule has 0 bridgehead atoms. The van der Waals surface area contributed by atoms with E-state index in [1.807, 2.05) is 6.92 Å². The van der Waals surface area contributed by atoms with E-state index in [0.29, 0.717) is 0 Å². The summed E-state index contributed by atoms with van der Waals surface area (Å²) in [7, 11) is -3.84. The first-order chi connectivity index (χ1) is 15.7. The molecule has 1 aliphatic carbocycles. The van der Waals surface area contributed by atoms with Crippen LogP contribution >= 0.6 is 0 Å². The van der Waals surface area contributed by atoms with E-state index >= 15 is 0 Å². The van der Waals surface area contributed by atoms with Gasteiger partial charge < -0.3 is 29.9 Å². The third kappa shape index (κ3) is 6.95. The van der Waals surface area contributed by atoms with Crippen molar-refractivity contribution >= 4 is 15.9 Å². The zero-order valence-corrected chi connectivity index (χ0v) is 19.5. The van der Waals surface area contributed by atoms with Gasteiger partial charge in [0.05, 0.1) is 24.2 Å². The van der Waals surface area contributed by atoms with Crippen molar-refractivity contribution in [3.63, 3.8) is 0 Å². The summed E-state index contributed by atoms with van der Waals surface area (Å²) in [5.74, 6) is 0.243. The minimum absolute atomic E-state index is 0.0155. The number of hydrogen-bond donors (Lipinski definition) is 5. The van der Waals surface area contributed by atoms with Crippen molar-refractivity contribution in [1.82, 2.24) is 4.72 Å². The molecule has 1 aliphatic heterocycles. The highest BCUT2D eigenvalue weighted by atomic mass is 32.2. The van der Waals surface area contributed by atoms with Crippen LogP contribution in [0.15, 0.2) is 34.2 Å². The van der Waals surface area contributed by atoms with Crippen molar-refractivity contribution in [3.05, 3.63) is 29.8 Å². The molecular weight excluding hydrogens is 452 g/mol. The van der Waals surface area contributed by atoms with Crippen LogP contribution in [-0.4, -0.2) is 84.6 Å². The van der Waals surface area contributed by atoms with Crippen molar-refractivity contribution < 1.29 is 38.3 Å². The Bertz CT molecular complexity index is 884. The van der Waals surface area contributed by atoms with E-state index < -0.39 is 47.3 Å². The summed E-state index contributed by atoms with van der Waals surface area (Å²) in [6, 6.07) is 6.51. The minimum atomic E-state index is -3.84. The second-order valence-corrected chi connectivity index (χ2v) is 10.3. The molecule has 1 saturated carbocycles. The van der Waals surface area contributed by atoms with Crippen LogP contribution in [0.3, 0.4) is 0 Å². The van der Waals surface area contributed by atoms with Gasteiger partial charge in [-0.3, -0.25) is 9.71 Å². The highest BCUT2D eigenvalue weighted by Gasteiger charge is 2.44. The predicted molar refractivity (Wildman–Crippen MR) is 120 cm³/mol. The molecule has 2 aliphatic rings. The van der Waals surface area contributed by atoms with Gasteiger partial charge in [0.2, 0.25) is 0 Å². The zero-order valence-electron chi connectivity index (χ0n) is 18.7. The fraction of sp³-hybridized carbons (Fsp3) is 0.682. The third-order valence-electron chi connectivity index (χ3n) is 5.97. The van der Waals surface area contributed by atoms with Crippen LogP contribution in [0.5, 0.6) is 0 Å². The molecule has 0 amide bonds. The molecule has 33 heavy (non-hydrogen) atoms. The fourth-order valence-corrected chi connectivity index (χ4v) is 5.06. The predicted octanol–water partition coefficient (Wildman–Crippen LogP) is 0.211. The van der Waals surface area contributed by atoms with Crippen molar-refractivity contribution in [2.45, 2.75) is 87.1 Å². The standard InChI is InChI=1S/C22H34N2O8S/c1-14-7-9-16(10-8-14)33(29,30)24-18(23-15-5-3-2-4-6-15)11-12-31-22-21(28)20(27)19(26)17(13-25)32-22/h7-10,15,17,19-22,25-28H,2-6,11-13H2,1H3,(H,23,24)/t17-,19-,20+,21-,22-/m1/s1. The fourth-order valence-electron chi connectivity index (χ4n) is 3.98. The van der Waals surface area contributed by atoms with Crippen LogP contribution in [-0.2, 0) is 19.5 Å². The highest BCUT2D eigenvalue weighted by Crippen LogP contribution is 2.23. The number of aryl methyl sites for hydroxylation is 1. The Morgan fingerprint density at radius 1 is 1.09 bits per heavy atom. The van der Waals surface area contributed by atoms with E-state index in [-0.39, 0.29) is 29.8 Å². The van der Waals surface area contributed by atoms with Gasteiger partial charge in [0.1, 0.15) is 30.3 Å². The molecule has 186 valence electrons. The lowest BCUT2D eigenvalue weighted by Crippen LogP contribution is -2.59. The largest absolute Gasteiger partial charge is 0.394 e. The Hall–Kier alpha value is -1.60. The van der Waals surface area contributed by atoms with E-state index in [0.717, 1.165) is 37.7 Å². The molecule has 5 N–H and O–H groups in total. The maximum absolute atomic E-state index is 12.9. The van der Waals surface area contributed by atoms with Crippen LogP contribution < -0.4 is 4.72 Å². The normalized spacial score (nSPS) is 29.7. The van der Waals surface area contributed by atoms with Gasteiger partial charge >= 0.3 is 0 Å². The lowest BCUT2D eigenvalue weighted by atomic mass is 9.96. The van der Waals surface area contributed by atoms with Crippen molar-refractivity contribution in [3.8, 4) is 0 Å². The van der Waals surface area contributed by atoms with Gasteiger partial charge in [0.25, 0.3) is 10.0 Å². The molecular formula is C22H34N2O8S. The lowest BCUT2D eigenvalue weighted by molar-refractivity contribution is -0.300. The van der Waals surface area contributed by atoms with Gasteiger partial charge in [0.15, 0.2) is 6.29 Å². The Morgan fingerprint density at radius 3 is 2.39 bits per heavy atom. The number of hydrogen-bond acceptors (Lipinski definition) is 9. The molecule has 1 aromatic carbocycles. The minimum Gasteiger partial charge on any atom is -0.394 e. The van der Waals surface area contributed by atoms with Gasteiger partial charge in [-0.25, -0.2) is 8.42 Å². The van der Waals surface area contributed by atoms with E-state index in [4.69, 9.17) is 9.47 Å². The average Bonchev–Trinajstić information content (AvgIpc) is 2.79. The number of aliphatic hydroxyl groups is 4. The Morgan fingerprint density at radius 2 is 1.76 bits per heavy atom. The molecule has 5 atom stereocenters. The summed E-state index contributed by atoms with van der Waals surface area (Å²) < 4.78 is 39.2. The number of rotatable bonds is 8. The van der Waals surface area contributed by atoms with Crippen LogP contribution in [0, 0.1) is 6.92 Å². The van der Waals surface area contributed by atoms with Crippen LogP contribution in [0.4, 0.5) is 0 Å². The first kappa shape index (κ1) is 26.0. The Labute approximate surface area is 194 Å². The molecule has 0 unspecified atom stereocenters. The van der Waals surface area contributed by atoms with Gasteiger partial charge in [-0.2, -0.15) is 0 Å². The van der Waals surface area contributed by atoms with Crippen molar-refractivity contribution in [1.29, 1.82) is 0 Å². The van der Waals surface area contributed by atoms with E-state index in [1.54, 1.807) is 12.1 Å². The molecule has 1 heterocycles.